The maximum absolute atomic E-state index is 11.9. The van der Waals surface area contributed by atoms with E-state index >= 15 is 0 Å². The second-order valence-electron chi connectivity index (χ2n) is 2.19. The number of hydrogen-bond donors (Lipinski definition) is 1. The molecule has 0 saturated carbocycles. The van der Waals surface area contributed by atoms with Crippen molar-refractivity contribution < 1.29 is 27.5 Å². The van der Waals surface area contributed by atoms with Gasteiger partial charge >= 0.3 is 12.1 Å². The van der Waals surface area contributed by atoms with Crippen LogP contribution in [-0.2, 0) is 17.4 Å². The van der Waals surface area contributed by atoms with Crippen molar-refractivity contribution in [1.82, 2.24) is 4.98 Å². The average Bonchev–Trinajstić information content (AvgIpc) is 2.32. The number of carboxylic acid groups (broad SMARTS) is 1. The highest BCUT2D eigenvalue weighted by Crippen LogP contribution is 2.28. The van der Waals surface area contributed by atoms with Crippen LogP contribution in [0, 0.1) is 0 Å². The average molecular weight is 195 g/mol. The lowest BCUT2D eigenvalue weighted by Gasteiger charge is -1.97. The first-order valence-electron chi connectivity index (χ1n) is 3.13. The number of rotatable bonds is 2. The molecule has 1 N–H and O–H groups in total. The van der Waals surface area contributed by atoms with Crippen LogP contribution in [0.25, 0.3) is 0 Å². The molecule has 4 nitrogen and oxygen atoms in total. The highest BCUT2D eigenvalue weighted by molar-refractivity contribution is 5.68. The number of aromatic nitrogens is 1. The monoisotopic (exact) mass is 195 g/mol. The van der Waals surface area contributed by atoms with Crippen molar-refractivity contribution in [3.63, 3.8) is 0 Å². The van der Waals surface area contributed by atoms with Crippen LogP contribution in [0.4, 0.5) is 13.2 Å². The third-order valence-corrected chi connectivity index (χ3v) is 1.14. The highest BCUT2D eigenvalue weighted by Gasteiger charge is 2.34. The van der Waals surface area contributed by atoms with E-state index in [1.165, 1.54) is 0 Å². The molecule has 0 fully saturated rings. The summed E-state index contributed by atoms with van der Waals surface area (Å²) in [7, 11) is 0. The van der Waals surface area contributed by atoms with E-state index in [1.54, 1.807) is 0 Å². The minimum atomic E-state index is -4.60. The number of carbonyl (C=O) groups is 1. The summed E-state index contributed by atoms with van der Waals surface area (Å²) in [6.07, 6.45) is -4.87. The van der Waals surface area contributed by atoms with Gasteiger partial charge in [-0.25, -0.2) is 4.98 Å². The van der Waals surface area contributed by atoms with Crippen LogP contribution in [0.1, 0.15) is 11.6 Å². The van der Waals surface area contributed by atoms with Crippen LogP contribution in [0.5, 0.6) is 0 Å². The molecular weight excluding hydrogens is 191 g/mol. The summed E-state index contributed by atoms with van der Waals surface area (Å²) in [6, 6.07) is 0. The minimum Gasteiger partial charge on any atom is -0.481 e. The van der Waals surface area contributed by atoms with Crippen LogP contribution in [-0.4, -0.2) is 16.1 Å². The van der Waals surface area contributed by atoms with E-state index in [1.807, 2.05) is 0 Å². The van der Waals surface area contributed by atoms with Crippen molar-refractivity contribution in [2.75, 3.05) is 0 Å². The summed E-state index contributed by atoms with van der Waals surface area (Å²) >= 11 is 0. The SMILES string of the molecule is O=C(O)Cc1nc(C(F)(F)F)co1. The molecule has 7 heteroatoms. The topological polar surface area (TPSA) is 63.3 Å². The number of aliphatic carboxylic acids is 1. The van der Waals surface area contributed by atoms with Gasteiger partial charge in [0.1, 0.15) is 12.7 Å². The van der Waals surface area contributed by atoms with E-state index in [-0.39, 0.29) is 0 Å². The Labute approximate surface area is 70.0 Å². The quantitative estimate of drug-likeness (QED) is 0.772. The van der Waals surface area contributed by atoms with Gasteiger partial charge in [-0.15, -0.1) is 0 Å². The molecule has 0 aliphatic rings. The Bertz CT molecular complexity index is 317. The first-order valence-corrected chi connectivity index (χ1v) is 3.13. The van der Waals surface area contributed by atoms with Gasteiger partial charge in [-0.2, -0.15) is 13.2 Å². The Kier molecular flexibility index (Phi) is 2.26. The molecule has 72 valence electrons. The van der Waals surface area contributed by atoms with Gasteiger partial charge in [0.2, 0.25) is 5.89 Å². The van der Waals surface area contributed by atoms with E-state index in [0.29, 0.717) is 6.26 Å². The number of alkyl halides is 3. The molecule has 0 radical (unpaired) electrons. The molecule has 1 aromatic heterocycles. The van der Waals surface area contributed by atoms with Crippen molar-refractivity contribution in [1.29, 1.82) is 0 Å². The van der Waals surface area contributed by atoms with Gasteiger partial charge in [0.05, 0.1) is 0 Å². The molecule has 13 heavy (non-hydrogen) atoms. The van der Waals surface area contributed by atoms with E-state index in [9.17, 15) is 18.0 Å². The molecule has 0 spiro atoms. The predicted octanol–water partition coefficient (Wildman–Crippen LogP) is 1.32. The maximum Gasteiger partial charge on any atom is 0.436 e. The van der Waals surface area contributed by atoms with Gasteiger partial charge in [0.25, 0.3) is 0 Å². The number of nitrogens with zero attached hydrogens (tertiary/aromatic N) is 1. The molecule has 0 atom stereocenters. The van der Waals surface area contributed by atoms with Gasteiger partial charge in [-0.3, -0.25) is 4.79 Å². The van der Waals surface area contributed by atoms with Crippen molar-refractivity contribution in [3.8, 4) is 0 Å². The van der Waals surface area contributed by atoms with E-state index in [0.717, 1.165) is 0 Å². The molecule has 0 aliphatic heterocycles. The van der Waals surface area contributed by atoms with E-state index in [4.69, 9.17) is 5.11 Å². The second-order valence-corrected chi connectivity index (χ2v) is 2.19. The van der Waals surface area contributed by atoms with Gasteiger partial charge < -0.3 is 9.52 Å². The fourth-order valence-electron chi connectivity index (χ4n) is 0.652. The Morgan fingerprint density at radius 1 is 1.62 bits per heavy atom. The Hall–Kier alpha value is -1.53. The summed E-state index contributed by atoms with van der Waals surface area (Å²) in [6.45, 7) is 0. The zero-order chi connectivity index (χ0) is 10.1. The van der Waals surface area contributed by atoms with Crippen LogP contribution in [0.15, 0.2) is 10.7 Å². The van der Waals surface area contributed by atoms with Crippen molar-refractivity contribution in [2.45, 2.75) is 12.6 Å². The molecule has 0 unspecified atom stereocenters. The predicted molar refractivity (Wildman–Crippen MR) is 32.8 cm³/mol. The molecule has 1 aromatic rings. The molecule has 1 rings (SSSR count). The summed E-state index contributed by atoms with van der Waals surface area (Å²) in [5.74, 6) is -1.75. The number of halogens is 3. The summed E-state index contributed by atoms with van der Waals surface area (Å²) in [5, 5.41) is 8.20. The smallest absolute Gasteiger partial charge is 0.436 e. The summed E-state index contributed by atoms with van der Waals surface area (Å²) in [4.78, 5) is 13.0. The van der Waals surface area contributed by atoms with Crippen LogP contribution in [0.2, 0.25) is 0 Å². The molecule has 1 heterocycles. The number of carboxylic acids is 1. The number of hydrogen-bond acceptors (Lipinski definition) is 3. The lowest BCUT2D eigenvalue weighted by Crippen LogP contribution is -2.06. The van der Waals surface area contributed by atoms with Crippen molar-refractivity contribution in [3.05, 3.63) is 17.8 Å². The van der Waals surface area contributed by atoms with Gasteiger partial charge in [-0.05, 0) is 0 Å². The van der Waals surface area contributed by atoms with Gasteiger partial charge in [0.15, 0.2) is 5.69 Å². The van der Waals surface area contributed by atoms with E-state index in [2.05, 4.69) is 9.40 Å². The Morgan fingerprint density at radius 2 is 2.23 bits per heavy atom. The third kappa shape index (κ3) is 2.46. The second kappa shape index (κ2) is 3.08. The zero-order valence-corrected chi connectivity index (χ0v) is 6.13. The van der Waals surface area contributed by atoms with Gasteiger partial charge in [-0.1, -0.05) is 0 Å². The van der Waals surface area contributed by atoms with Crippen LogP contribution in [0.3, 0.4) is 0 Å². The molecule has 0 aliphatic carbocycles. The Balaban J connectivity index is 2.81. The van der Waals surface area contributed by atoms with Crippen molar-refractivity contribution in [2.24, 2.45) is 0 Å². The van der Waals surface area contributed by atoms with Crippen molar-refractivity contribution >= 4 is 5.97 Å². The minimum absolute atomic E-state index is 0.387. The molecule has 0 amide bonds. The third-order valence-electron chi connectivity index (χ3n) is 1.14. The first kappa shape index (κ1) is 9.56. The lowest BCUT2D eigenvalue weighted by molar-refractivity contribution is -0.141. The zero-order valence-electron chi connectivity index (χ0n) is 6.13. The maximum atomic E-state index is 11.9. The largest absolute Gasteiger partial charge is 0.481 e. The number of oxazole rings is 1. The van der Waals surface area contributed by atoms with Crippen LogP contribution >= 0.6 is 0 Å². The highest BCUT2D eigenvalue weighted by atomic mass is 19.4. The molecule has 0 aromatic carbocycles. The van der Waals surface area contributed by atoms with Gasteiger partial charge in [0, 0.05) is 0 Å². The normalized spacial score (nSPS) is 11.6. The summed E-state index contributed by atoms with van der Waals surface area (Å²) in [5.41, 5.74) is -1.22. The lowest BCUT2D eigenvalue weighted by atomic mass is 10.4. The standard InChI is InChI=1S/C6H4F3NO3/c7-6(8,9)3-2-13-4(10-3)1-5(11)12/h2H,1H2,(H,11,12). The first-order chi connectivity index (χ1) is 5.89. The van der Waals surface area contributed by atoms with Crippen LogP contribution < -0.4 is 0 Å². The fourth-order valence-corrected chi connectivity index (χ4v) is 0.652. The Morgan fingerprint density at radius 3 is 2.62 bits per heavy atom. The summed E-state index contributed by atoms with van der Waals surface area (Å²) < 4.78 is 39.9. The molecular formula is C6H4F3NO3. The molecule has 0 bridgehead atoms. The fraction of sp³-hybridized carbons (Fsp3) is 0.333. The van der Waals surface area contributed by atoms with E-state index < -0.39 is 30.2 Å². The molecule has 0 saturated heterocycles.